The van der Waals surface area contributed by atoms with E-state index in [9.17, 15) is 0 Å². The van der Waals surface area contributed by atoms with Crippen LogP contribution in [-0.2, 0) is 0 Å². The minimum atomic E-state index is 0.136. The van der Waals surface area contributed by atoms with Gasteiger partial charge in [0.1, 0.15) is 0 Å². The molecule has 0 atom stereocenters. The van der Waals surface area contributed by atoms with Crippen LogP contribution in [0.2, 0.25) is 0 Å². The summed E-state index contributed by atoms with van der Waals surface area (Å²) in [5, 5.41) is 0. The first-order valence-electron chi connectivity index (χ1n) is 17.6. The molecule has 10 rings (SSSR count). The molecule has 4 aromatic carbocycles. The summed E-state index contributed by atoms with van der Waals surface area (Å²) in [5.41, 5.74) is 13.5. The van der Waals surface area contributed by atoms with Gasteiger partial charge >= 0.3 is 326 Å². The molecule has 0 N–H and O–H groups in total. The van der Waals surface area contributed by atoms with Gasteiger partial charge in [-0.25, -0.2) is 0 Å². The average molecular weight is 825 g/mol. The number of aromatic nitrogens is 2. The third-order valence-electron chi connectivity index (χ3n) is 9.60. The summed E-state index contributed by atoms with van der Waals surface area (Å²) in [6.45, 7) is 0. The van der Waals surface area contributed by atoms with Gasteiger partial charge in [-0.2, -0.15) is 0 Å². The zero-order chi connectivity index (χ0) is 35.1. The van der Waals surface area contributed by atoms with Crippen LogP contribution in [0.15, 0.2) is 158 Å². The van der Waals surface area contributed by atoms with Crippen LogP contribution in [0.4, 0.5) is 0 Å². The molecule has 53 heavy (non-hydrogen) atoms. The van der Waals surface area contributed by atoms with Crippen molar-refractivity contribution in [3.63, 3.8) is 0 Å². The van der Waals surface area contributed by atoms with E-state index in [1.807, 2.05) is 11.3 Å². The van der Waals surface area contributed by atoms with Crippen molar-refractivity contribution in [3.05, 3.63) is 181 Å². The first-order chi connectivity index (χ1) is 26.3. The van der Waals surface area contributed by atoms with Crippen molar-refractivity contribution in [3.8, 4) is 44.5 Å². The number of fused-ring (bicyclic) bond motifs is 11. The van der Waals surface area contributed by atoms with Crippen molar-refractivity contribution in [1.29, 1.82) is 0 Å². The number of rotatable bonds is 4. The molecule has 0 fully saturated rings. The van der Waals surface area contributed by atoms with E-state index in [1.54, 1.807) is 0 Å². The molecule has 0 spiro atoms. The van der Waals surface area contributed by atoms with Gasteiger partial charge in [0.15, 0.2) is 0 Å². The van der Waals surface area contributed by atoms with Crippen LogP contribution in [-0.4, -0.2) is 39.0 Å². The number of hydrogen-bond donors (Lipinski definition) is 0. The molecule has 2 nitrogen and oxygen atoms in total. The second kappa shape index (κ2) is 13.9. The number of thiophene rings is 1. The molecule has 5 heteroatoms. The Kier molecular flexibility index (Phi) is 8.45. The second-order valence-corrected chi connectivity index (χ2v) is 18.5. The molecule has 0 unspecified atom stereocenters. The van der Waals surface area contributed by atoms with Crippen LogP contribution >= 0.6 is 11.3 Å². The molecule has 250 valence electrons. The Bertz CT molecular complexity index is 2720. The van der Waals surface area contributed by atoms with E-state index >= 15 is 0 Å². The van der Waals surface area contributed by atoms with E-state index in [0.717, 1.165) is 45.0 Å². The number of hydrogen-bond acceptors (Lipinski definition) is 3. The van der Waals surface area contributed by atoms with E-state index in [1.165, 1.54) is 48.7 Å². The first-order valence-corrected chi connectivity index (χ1v) is 21.8. The molecule has 8 aromatic rings. The Balaban J connectivity index is 1.39. The summed E-state index contributed by atoms with van der Waals surface area (Å²) in [6.07, 6.45) is 8.86. The van der Waals surface area contributed by atoms with E-state index in [-0.39, 0.29) is 29.0 Å². The quantitative estimate of drug-likeness (QED) is 0.165. The standard InChI is InChI=1S/C48H30N2SSe2/c1-5-13-31(14-6-1)45-35-21-23-37(49-35)47(33-17-9-3-10-18-33)43-29-27-41(52-43)42-28-30-44(53-42)48(34-19-11-4-12-20-34)38-24-22-36(50-38)46(32-15-7-2-8-16-32)40-26-25-39(45)51-40/h1-30H. The predicted octanol–water partition coefficient (Wildman–Crippen LogP) is 12.6. The Hall–Kier alpha value is -5.38. The predicted molar refractivity (Wildman–Crippen MR) is 230 cm³/mol. The van der Waals surface area contributed by atoms with Crippen molar-refractivity contribution >= 4 is 91.1 Å². The average Bonchev–Trinajstić information content (AvgIpc) is 4.07. The topological polar surface area (TPSA) is 25.8 Å². The van der Waals surface area contributed by atoms with E-state index in [2.05, 4.69) is 182 Å². The van der Waals surface area contributed by atoms with Crippen LogP contribution in [0.3, 0.4) is 0 Å². The van der Waals surface area contributed by atoms with Crippen LogP contribution in [0.5, 0.6) is 0 Å². The molecule has 0 saturated carbocycles. The van der Waals surface area contributed by atoms with Crippen LogP contribution in [0.25, 0.3) is 95.3 Å². The third-order valence-corrected chi connectivity index (χ3v) is 16.1. The molecule has 4 aromatic heterocycles. The Morgan fingerprint density at radius 3 is 0.962 bits per heavy atom. The molecular formula is C48H30N2SSe2. The maximum absolute atomic E-state index is 5.47. The fourth-order valence-corrected chi connectivity index (χ4v) is 13.5. The second-order valence-electron chi connectivity index (χ2n) is 12.9. The molecular weight excluding hydrogens is 795 g/mol. The third kappa shape index (κ3) is 6.07. The van der Waals surface area contributed by atoms with E-state index < -0.39 is 0 Å². The van der Waals surface area contributed by atoms with Gasteiger partial charge in [-0.1, -0.05) is 0 Å². The van der Waals surface area contributed by atoms with Crippen LogP contribution in [0.1, 0.15) is 22.8 Å². The summed E-state index contributed by atoms with van der Waals surface area (Å²) < 4.78 is 7.98. The number of benzene rings is 4. The van der Waals surface area contributed by atoms with Gasteiger partial charge in [-0.05, 0) is 0 Å². The van der Waals surface area contributed by atoms with Gasteiger partial charge in [-0.15, -0.1) is 0 Å². The Labute approximate surface area is 323 Å². The van der Waals surface area contributed by atoms with E-state index in [4.69, 9.17) is 9.97 Å². The molecule has 2 aliphatic heterocycles. The summed E-state index contributed by atoms with van der Waals surface area (Å²) >= 11 is 2.08. The van der Waals surface area contributed by atoms with Gasteiger partial charge in [-0.3, -0.25) is 0 Å². The normalized spacial score (nSPS) is 12.0. The van der Waals surface area contributed by atoms with Crippen molar-refractivity contribution in [2.45, 2.75) is 0 Å². The minimum absolute atomic E-state index is 0.136. The Morgan fingerprint density at radius 1 is 0.302 bits per heavy atom. The van der Waals surface area contributed by atoms with Crippen molar-refractivity contribution in [2.75, 3.05) is 0 Å². The molecule has 0 aliphatic carbocycles. The van der Waals surface area contributed by atoms with Gasteiger partial charge in [0.25, 0.3) is 0 Å². The zero-order valence-corrected chi connectivity index (χ0v) is 32.7. The Morgan fingerprint density at radius 2 is 0.604 bits per heavy atom. The van der Waals surface area contributed by atoms with E-state index in [0.29, 0.717) is 0 Å². The summed E-state index contributed by atoms with van der Waals surface area (Å²) in [6, 6.07) is 57.0. The summed E-state index contributed by atoms with van der Waals surface area (Å²) in [5.74, 6) is 0. The SMILES string of the molecule is C1=Cc2nc1c(-c1ccccc1)c1ccc(s1)c(-c1ccccc1)c1nc(c(-c3ccccc3)c3ccc([se]3)c3ccc([se]3)c2-c2ccccc2)C=C1. The van der Waals surface area contributed by atoms with Gasteiger partial charge < -0.3 is 0 Å². The van der Waals surface area contributed by atoms with Gasteiger partial charge in [0, 0.05) is 0 Å². The molecule has 10 bridgehead atoms. The summed E-state index contributed by atoms with van der Waals surface area (Å²) in [7, 11) is 0. The molecule has 6 heterocycles. The maximum atomic E-state index is 5.47. The summed E-state index contributed by atoms with van der Waals surface area (Å²) in [4.78, 5) is 10.9. The molecule has 0 amide bonds. The van der Waals surface area contributed by atoms with Crippen LogP contribution in [0, 0.1) is 0 Å². The molecule has 2 aliphatic rings. The van der Waals surface area contributed by atoms with Crippen molar-refractivity contribution in [2.24, 2.45) is 0 Å². The molecule has 0 radical (unpaired) electrons. The van der Waals surface area contributed by atoms with Gasteiger partial charge in [0.05, 0.1) is 0 Å². The van der Waals surface area contributed by atoms with Gasteiger partial charge in [0.2, 0.25) is 0 Å². The van der Waals surface area contributed by atoms with Crippen LogP contribution < -0.4 is 0 Å². The zero-order valence-electron chi connectivity index (χ0n) is 28.4. The fourth-order valence-electron chi connectivity index (χ4n) is 7.18. The fraction of sp³-hybridized carbons (Fsp3) is 0. The van der Waals surface area contributed by atoms with Crippen molar-refractivity contribution < 1.29 is 0 Å². The number of nitrogens with zero attached hydrogens (tertiary/aromatic N) is 2. The monoisotopic (exact) mass is 826 g/mol. The molecule has 0 saturated heterocycles. The first kappa shape index (κ1) is 32.3. The van der Waals surface area contributed by atoms with Crippen molar-refractivity contribution in [1.82, 2.24) is 9.97 Å².